The molecule has 1 fully saturated rings. The monoisotopic (exact) mass is 485 g/mol. The van der Waals surface area contributed by atoms with Crippen molar-refractivity contribution in [2.45, 2.75) is 42.6 Å². The van der Waals surface area contributed by atoms with Gasteiger partial charge in [0.15, 0.2) is 17.0 Å². The number of carbonyl (C=O) groups is 2. The van der Waals surface area contributed by atoms with Crippen LogP contribution in [-0.4, -0.2) is 48.3 Å². The highest BCUT2D eigenvalue weighted by Gasteiger charge is 2.38. The molecule has 0 aliphatic heterocycles. The predicted octanol–water partition coefficient (Wildman–Crippen LogP) is 2.90. The van der Waals surface area contributed by atoms with Gasteiger partial charge in [-0.05, 0) is 31.9 Å². The SMILES string of the molecule is Cn1cc2c(SCC(=O)c3ccc([C@@](C)(O)C(=O)NC4CC4)s3)nc(C(F)(F)F)nc2n1. The fraction of sp³-hybridized carbons (Fsp3) is 0.421. The number of fused-ring (bicyclic) bond motifs is 1. The average molecular weight is 486 g/mol. The topological polar surface area (TPSA) is 110 Å². The van der Waals surface area contributed by atoms with Crippen molar-refractivity contribution in [2.75, 3.05) is 5.75 Å². The Kier molecular flexibility index (Phi) is 5.75. The molecule has 3 heterocycles. The van der Waals surface area contributed by atoms with Gasteiger partial charge < -0.3 is 10.4 Å². The summed E-state index contributed by atoms with van der Waals surface area (Å²) in [7, 11) is 1.55. The number of aliphatic hydroxyl groups is 1. The summed E-state index contributed by atoms with van der Waals surface area (Å²) in [5.74, 6) is -2.41. The van der Waals surface area contributed by atoms with E-state index in [-0.39, 0.29) is 33.1 Å². The molecular weight excluding hydrogens is 467 g/mol. The summed E-state index contributed by atoms with van der Waals surface area (Å²) in [6.07, 6.45) is -1.52. The van der Waals surface area contributed by atoms with Gasteiger partial charge in [-0.25, -0.2) is 9.97 Å². The van der Waals surface area contributed by atoms with Crippen molar-refractivity contribution in [1.82, 2.24) is 25.1 Å². The van der Waals surface area contributed by atoms with Crippen LogP contribution in [0.5, 0.6) is 0 Å². The lowest BCUT2D eigenvalue weighted by molar-refractivity contribution is -0.145. The Morgan fingerprint density at radius 2 is 2.03 bits per heavy atom. The van der Waals surface area contributed by atoms with Gasteiger partial charge in [-0.3, -0.25) is 14.3 Å². The van der Waals surface area contributed by atoms with Gasteiger partial charge in [0, 0.05) is 24.2 Å². The number of hydrogen-bond donors (Lipinski definition) is 2. The zero-order valence-corrected chi connectivity index (χ0v) is 18.6. The van der Waals surface area contributed by atoms with Gasteiger partial charge in [-0.15, -0.1) is 11.3 Å². The first-order valence-corrected chi connectivity index (χ1v) is 11.3. The molecule has 1 amide bonds. The molecule has 3 aromatic rings. The minimum atomic E-state index is -4.75. The van der Waals surface area contributed by atoms with Gasteiger partial charge in [0.2, 0.25) is 5.82 Å². The summed E-state index contributed by atoms with van der Waals surface area (Å²) < 4.78 is 40.7. The summed E-state index contributed by atoms with van der Waals surface area (Å²) in [5.41, 5.74) is -1.89. The number of thiophene rings is 1. The number of carbonyl (C=O) groups excluding carboxylic acids is 2. The fourth-order valence-corrected chi connectivity index (χ4v) is 4.80. The summed E-state index contributed by atoms with van der Waals surface area (Å²) in [4.78, 5) is 32.6. The van der Waals surface area contributed by atoms with E-state index < -0.39 is 23.5 Å². The minimum absolute atomic E-state index is 0.00337. The first-order valence-electron chi connectivity index (χ1n) is 9.53. The van der Waals surface area contributed by atoms with Crippen LogP contribution in [0.15, 0.2) is 23.4 Å². The zero-order valence-electron chi connectivity index (χ0n) is 16.9. The predicted molar refractivity (Wildman–Crippen MR) is 111 cm³/mol. The summed E-state index contributed by atoms with van der Waals surface area (Å²) >= 11 is 1.82. The number of nitrogens with one attached hydrogen (secondary N) is 1. The van der Waals surface area contributed by atoms with Crippen molar-refractivity contribution in [3.63, 3.8) is 0 Å². The lowest BCUT2D eigenvalue weighted by atomic mass is 10.0. The smallest absolute Gasteiger partial charge is 0.375 e. The molecule has 8 nitrogen and oxygen atoms in total. The number of aryl methyl sites for hydroxylation is 1. The molecule has 0 saturated heterocycles. The van der Waals surface area contributed by atoms with Gasteiger partial charge >= 0.3 is 6.18 Å². The Hall–Kier alpha value is -2.51. The lowest BCUT2D eigenvalue weighted by Gasteiger charge is -2.20. The van der Waals surface area contributed by atoms with Crippen LogP contribution in [0.4, 0.5) is 13.2 Å². The number of rotatable bonds is 7. The molecule has 0 radical (unpaired) electrons. The van der Waals surface area contributed by atoms with E-state index in [1.165, 1.54) is 29.9 Å². The fourth-order valence-electron chi connectivity index (χ4n) is 2.85. The Morgan fingerprint density at radius 3 is 2.69 bits per heavy atom. The van der Waals surface area contributed by atoms with E-state index in [1.54, 1.807) is 7.05 Å². The normalized spacial score (nSPS) is 16.2. The Morgan fingerprint density at radius 1 is 1.31 bits per heavy atom. The van der Waals surface area contributed by atoms with E-state index in [4.69, 9.17) is 0 Å². The third-order valence-corrected chi connectivity index (χ3v) is 7.10. The van der Waals surface area contributed by atoms with Crippen LogP contribution in [0.3, 0.4) is 0 Å². The largest absolute Gasteiger partial charge is 0.451 e. The molecule has 13 heteroatoms. The average Bonchev–Trinajstić information content (AvgIpc) is 3.22. The van der Waals surface area contributed by atoms with Crippen LogP contribution < -0.4 is 5.32 Å². The van der Waals surface area contributed by atoms with Crippen LogP contribution >= 0.6 is 23.1 Å². The van der Waals surface area contributed by atoms with Gasteiger partial charge in [-0.1, -0.05) is 11.8 Å². The standard InChI is InChI=1S/C19H18F3N5O3S2/c1-18(30,17(29)23-9-3-4-9)13-6-5-12(32-13)11(28)8-31-15-10-7-27(2)26-14(10)24-16(25-15)19(20,21)22/h5-7,9,30H,3-4,8H2,1-2H3,(H,23,29)/t18-/m1/s1. The van der Waals surface area contributed by atoms with Gasteiger partial charge in [0.05, 0.1) is 16.0 Å². The van der Waals surface area contributed by atoms with E-state index >= 15 is 0 Å². The molecule has 4 rings (SSSR count). The third-order valence-electron chi connectivity index (χ3n) is 4.77. The molecule has 0 spiro atoms. The number of Topliss-reactive ketones (excluding diaryl/α,β-unsaturated/α-hetero) is 1. The molecule has 32 heavy (non-hydrogen) atoms. The lowest BCUT2D eigenvalue weighted by Crippen LogP contribution is -2.42. The Labute approximate surface area is 188 Å². The van der Waals surface area contributed by atoms with Crippen molar-refractivity contribution in [1.29, 1.82) is 0 Å². The van der Waals surface area contributed by atoms with Crippen molar-refractivity contribution < 1.29 is 27.9 Å². The quantitative estimate of drug-likeness (QED) is 0.301. The number of nitrogens with zero attached hydrogens (tertiary/aromatic N) is 4. The highest BCUT2D eigenvalue weighted by Crippen LogP contribution is 2.34. The molecule has 2 N–H and O–H groups in total. The summed E-state index contributed by atoms with van der Waals surface area (Å²) in [5, 5.41) is 17.6. The van der Waals surface area contributed by atoms with Crippen LogP contribution in [0.1, 0.15) is 40.1 Å². The van der Waals surface area contributed by atoms with Gasteiger partial charge in [0.25, 0.3) is 5.91 Å². The maximum Gasteiger partial charge on any atom is 0.451 e. The second-order valence-electron chi connectivity index (χ2n) is 7.59. The number of ketones is 1. The Balaban J connectivity index is 1.51. The number of amides is 1. The first kappa shape index (κ1) is 22.7. The molecule has 1 aliphatic rings. The Bertz CT molecular complexity index is 1200. The summed E-state index contributed by atoms with van der Waals surface area (Å²) in [6, 6.07) is 3.06. The third kappa shape index (κ3) is 4.64. The molecule has 1 atom stereocenters. The van der Waals surface area contributed by atoms with E-state index in [0.29, 0.717) is 10.3 Å². The summed E-state index contributed by atoms with van der Waals surface area (Å²) in [6.45, 7) is 1.36. The van der Waals surface area contributed by atoms with Crippen molar-refractivity contribution >= 4 is 45.8 Å². The van der Waals surface area contributed by atoms with E-state index in [9.17, 15) is 27.9 Å². The second kappa shape index (κ2) is 8.12. The maximum atomic E-state index is 13.1. The molecule has 3 aromatic heterocycles. The van der Waals surface area contributed by atoms with Gasteiger partial charge in [-0.2, -0.15) is 18.3 Å². The number of hydrogen-bond acceptors (Lipinski definition) is 8. The number of alkyl halides is 3. The van der Waals surface area contributed by atoms with E-state index in [0.717, 1.165) is 35.9 Å². The molecule has 0 bridgehead atoms. The number of halogens is 3. The number of thioether (sulfide) groups is 1. The molecular formula is C19H18F3N5O3S2. The highest BCUT2D eigenvalue weighted by molar-refractivity contribution is 8.00. The maximum absolute atomic E-state index is 13.1. The van der Waals surface area contributed by atoms with E-state index in [2.05, 4.69) is 20.4 Å². The van der Waals surface area contributed by atoms with Crippen LogP contribution in [0.25, 0.3) is 11.0 Å². The highest BCUT2D eigenvalue weighted by atomic mass is 32.2. The second-order valence-corrected chi connectivity index (χ2v) is 9.63. The zero-order chi connectivity index (χ0) is 23.3. The first-order chi connectivity index (χ1) is 14.9. The van der Waals surface area contributed by atoms with Crippen molar-refractivity contribution in [2.24, 2.45) is 7.05 Å². The van der Waals surface area contributed by atoms with Crippen LogP contribution in [-0.2, 0) is 23.6 Å². The molecule has 1 saturated carbocycles. The van der Waals surface area contributed by atoms with Crippen LogP contribution in [0.2, 0.25) is 0 Å². The molecule has 0 unspecified atom stereocenters. The minimum Gasteiger partial charge on any atom is -0.375 e. The van der Waals surface area contributed by atoms with Gasteiger partial charge in [0.1, 0.15) is 5.03 Å². The van der Waals surface area contributed by atoms with Crippen molar-refractivity contribution in [3.05, 3.63) is 33.9 Å². The molecule has 1 aliphatic carbocycles. The number of aromatic nitrogens is 4. The van der Waals surface area contributed by atoms with E-state index in [1.807, 2.05) is 0 Å². The van der Waals surface area contributed by atoms with Crippen molar-refractivity contribution in [3.8, 4) is 0 Å². The van der Waals surface area contributed by atoms with Crippen LogP contribution in [0, 0.1) is 0 Å². The molecule has 0 aromatic carbocycles. The molecule has 170 valence electrons.